The summed E-state index contributed by atoms with van der Waals surface area (Å²) in [5.74, 6) is 0. The van der Waals surface area contributed by atoms with E-state index in [1.807, 2.05) is 0 Å². The number of hydrogen-bond donors (Lipinski definition) is 1. The molecule has 0 aromatic rings. The van der Waals surface area contributed by atoms with Crippen molar-refractivity contribution in [3.05, 3.63) is 0 Å². The molecular formula is C12H22F3NO. The second-order valence-electron chi connectivity index (χ2n) is 4.68. The van der Waals surface area contributed by atoms with E-state index in [4.69, 9.17) is 4.74 Å². The molecule has 1 N–H and O–H groups in total. The Hall–Kier alpha value is -0.290. The van der Waals surface area contributed by atoms with Crippen molar-refractivity contribution in [1.29, 1.82) is 0 Å². The summed E-state index contributed by atoms with van der Waals surface area (Å²) >= 11 is 0. The van der Waals surface area contributed by atoms with Crippen molar-refractivity contribution >= 4 is 0 Å². The van der Waals surface area contributed by atoms with Crippen LogP contribution in [0, 0.1) is 0 Å². The summed E-state index contributed by atoms with van der Waals surface area (Å²) in [6, 6.07) is 0.416. The highest BCUT2D eigenvalue weighted by Crippen LogP contribution is 2.24. The SMILES string of the molecule is CCCNC1CCCC(OCCC(F)(F)F)C1. The van der Waals surface area contributed by atoms with Crippen LogP contribution in [0.4, 0.5) is 13.2 Å². The molecule has 0 aromatic heterocycles. The fourth-order valence-corrected chi connectivity index (χ4v) is 2.17. The first-order valence-electron chi connectivity index (χ1n) is 6.43. The summed E-state index contributed by atoms with van der Waals surface area (Å²) in [4.78, 5) is 0. The van der Waals surface area contributed by atoms with E-state index in [-0.39, 0.29) is 12.7 Å². The minimum atomic E-state index is -4.10. The van der Waals surface area contributed by atoms with Gasteiger partial charge in [0.15, 0.2) is 0 Å². The molecule has 0 radical (unpaired) electrons. The molecule has 2 nitrogen and oxygen atoms in total. The molecule has 2 atom stereocenters. The maximum absolute atomic E-state index is 12.0. The summed E-state index contributed by atoms with van der Waals surface area (Å²) in [5, 5.41) is 3.41. The molecule has 1 saturated carbocycles. The fraction of sp³-hybridized carbons (Fsp3) is 1.00. The van der Waals surface area contributed by atoms with Gasteiger partial charge in [0.2, 0.25) is 0 Å². The molecule has 0 heterocycles. The maximum atomic E-state index is 12.0. The van der Waals surface area contributed by atoms with E-state index < -0.39 is 12.6 Å². The van der Waals surface area contributed by atoms with Gasteiger partial charge in [-0.25, -0.2) is 0 Å². The fourth-order valence-electron chi connectivity index (χ4n) is 2.17. The summed E-state index contributed by atoms with van der Waals surface area (Å²) < 4.78 is 41.2. The third-order valence-corrected chi connectivity index (χ3v) is 3.05. The zero-order chi connectivity index (χ0) is 12.7. The molecule has 0 aromatic carbocycles. The third-order valence-electron chi connectivity index (χ3n) is 3.05. The molecule has 102 valence electrons. The van der Waals surface area contributed by atoms with Crippen LogP contribution in [-0.2, 0) is 4.74 Å². The van der Waals surface area contributed by atoms with Crippen LogP contribution in [0.15, 0.2) is 0 Å². The van der Waals surface area contributed by atoms with Crippen LogP contribution in [0.3, 0.4) is 0 Å². The van der Waals surface area contributed by atoms with Gasteiger partial charge < -0.3 is 10.1 Å². The molecule has 5 heteroatoms. The van der Waals surface area contributed by atoms with Gasteiger partial charge in [0.25, 0.3) is 0 Å². The zero-order valence-electron chi connectivity index (χ0n) is 10.4. The van der Waals surface area contributed by atoms with Crippen LogP contribution in [0.25, 0.3) is 0 Å². The molecule has 1 rings (SSSR count). The Balaban J connectivity index is 2.16. The number of hydrogen-bond acceptors (Lipinski definition) is 2. The maximum Gasteiger partial charge on any atom is 0.391 e. The average Bonchev–Trinajstić information content (AvgIpc) is 2.25. The Bertz CT molecular complexity index is 208. The minimum absolute atomic E-state index is 0.000422. The second-order valence-corrected chi connectivity index (χ2v) is 4.68. The number of nitrogens with one attached hydrogen (secondary N) is 1. The molecule has 17 heavy (non-hydrogen) atoms. The smallest absolute Gasteiger partial charge is 0.378 e. The molecule has 0 bridgehead atoms. The molecule has 0 amide bonds. The highest BCUT2D eigenvalue weighted by molar-refractivity contribution is 4.78. The largest absolute Gasteiger partial charge is 0.391 e. The van der Waals surface area contributed by atoms with Crippen molar-refractivity contribution in [2.24, 2.45) is 0 Å². The number of rotatable bonds is 6. The predicted octanol–water partition coefficient (Wildman–Crippen LogP) is 3.27. The van der Waals surface area contributed by atoms with Crippen molar-refractivity contribution in [2.75, 3.05) is 13.2 Å². The van der Waals surface area contributed by atoms with Gasteiger partial charge in [-0.1, -0.05) is 6.92 Å². The van der Waals surface area contributed by atoms with E-state index >= 15 is 0 Å². The molecule has 0 saturated heterocycles. The topological polar surface area (TPSA) is 21.3 Å². The lowest BCUT2D eigenvalue weighted by molar-refractivity contribution is -0.150. The Kier molecular flexibility index (Phi) is 6.27. The van der Waals surface area contributed by atoms with Gasteiger partial charge in [-0.3, -0.25) is 0 Å². The van der Waals surface area contributed by atoms with Gasteiger partial charge in [0, 0.05) is 6.04 Å². The van der Waals surface area contributed by atoms with Gasteiger partial charge in [0.1, 0.15) is 0 Å². The summed E-state index contributed by atoms with van der Waals surface area (Å²) in [6.07, 6.45) is 0.0266. The second kappa shape index (κ2) is 7.21. The Morgan fingerprint density at radius 3 is 2.71 bits per heavy atom. The van der Waals surface area contributed by atoms with Crippen molar-refractivity contribution < 1.29 is 17.9 Å². The molecule has 1 aliphatic carbocycles. The van der Waals surface area contributed by atoms with Crippen molar-refractivity contribution in [2.45, 2.75) is 63.8 Å². The van der Waals surface area contributed by atoms with Crippen LogP contribution >= 0.6 is 0 Å². The van der Waals surface area contributed by atoms with E-state index in [0.29, 0.717) is 6.04 Å². The molecular weight excluding hydrogens is 231 g/mol. The highest BCUT2D eigenvalue weighted by Gasteiger charge is 2.28. The average molecular weight is 253 g/mol. The van der Waals surface area contributed by atoms with Crippen molar-refractivity contribution in [3.63, 3.8) is 0 Å². The van der Waals surface area contributed by atoms with Crippen LogP contribution in [0.2, 0.25) is 0 Å². The van der Waals surface area contributed by atoms with Crippen LogP contribution in [0.5, 0.6) is 0 Å². The normalized spacial score (nSPS) is 26.1. The van der Waals surface area contributed by atoms with E-state index in [1.165, 1.54) is 0 Å². The van der Waals surface area contributed by atoms with Crippen molar-refractivity contribution in [3.8, 4) is 0 Å². The van der Waals surface area contributed by atoms with E-state index in [0.717, 1.165) is 38.6 Å². The molecule has 1 fully saturated rings. The summed E-state index contributed by atoms with van der Waals surface area (Å²) in [5.41, 5.74) is 0. The Morgan fingerprint density at radius 2 is 2.06 bits per heavy atom. The monoisotopic (exact) mass is 253 g/mol. The standard InChI is InChI=1S/C12H22F3NO/c1-2-7-16-10-4-3-5-11(9-10)17-8-6-12(13,14)15/h10-11,16H,2-9H2,1H3. The Morgan fingerprint density at radius 1 is 1.29 bits per heavy atom. The highest BCUT2D eigenvalue weighted by atomic mass is 19.4. The summed E-state index contributed by atoms with van der Waals surface area (Å²) in [7, 11) is 0. The Labute approximate surface area is 101 Å². The van der Waals surface area contributed by atoms with Crippen LogP contribution < -0.4 is 5.32 Å². The van der Waals surface area contributed by atoms with E-state index in [2.05, 4.69) is 12.2 Å². The third kappa shape index (κ3) is 6.88. The number of halogens is 3. The van der Waals surface area contributed by atoms with Crippen molar-refractivity contribution in [1.82, 2.24) is 5.32 Å². The molecule has 2 unspecified atom stereocenters. The van der Waals surface area contributed by atoms with Crippen LogP contribution in [0.1, 0.15) is 45.4 Å². The first-order chi connectivity index (χ1) is 8.01. The number of ether oxygens (including phenoxy) is 1. The van der Waals surface area contributed by atoms with Gasteiger partial charge in [-0.05, 0) is 38.6 Å². The van der Waals surface area contributed by atoms with E-state index in [9.17, 15) is 13.2 Å². The predicted molar refractivity (Wildman–Crippen MR) is 61.0 cm³/mol. The first kappa shape index (κ1) is 14.8. The van der Waals surface area contributed by atoms with Gasteiger partial charge in [0.05, 0.1) is 19.1 Å². The van der Waals surface area contributed by atoms with Gasteiger partial charge in [-0.2, -0.15) is 13.2 Å². The zero-order valence-corrected chi connectivity index (χ0v) is 10.4. The molecule has 1 aliphatic rings. The van der Waals surface area contributed by atoms with Gasteiger partial charge in [-0.15, -0.1) is 0 Å². The quantitative estimate of drug-likeness (QED) is 0.784. The lowest BCUT2D eigenvalue weighted by Crippen LogP contribution is -2.37. The lowest BCUT2D eigenvalue weighted by Gasteiger charge is -2.30. The summed E-state index contributed by atoms with van der Waals surface area (Å²) in [6.45, 7) is 2.88. The first-order valence-corrected chi connectivity index (χ1v) is 6.43. The lowest BCUT2D eigenvalue weighted by atomic mass is 9.93. The van der Waals surface area contributed by atoms with Crippen LogP contribution in [-0.4, -0.2) is 31.5 Å². The minimum Gasteiger partial charge on any atom is -0.378 e. The van der Waals surface area contributed by atoms with Gasteiger partial charge >= 0.3 is 6.18 Å². The van der Waals surface area contributed by atoms with E-state index in [1.54, 1.807) is 0 Å². The molecule has 0 spiro atoms. The molecule has 0 aliphatic heterocycles. The number of alkyl halides is 3.